The van der Waals surface area contributed by atoms with Crippen LogP contribution in [0, 0.1) is 17.0 Å². The number of pyridine rings is 1. The average Bonchev–Trinajstić information content (AvgIpc) is 2.60. The lowest BCUT2D eigenvalue weighted by Crippen LogP contribution is -2.04. The molecule has 0 aliphatic carbocycles. The van der Waals surface area contributed by atoms with Crippen molar-refractivity contribution in [2.75, 3.05) is 5.32 Å². The number of halogens is 2. The zero-order valence-corrected chi connectivity index (χ0v) is 14.8. The summed E-state index contributed by atoms with van der Waals surface area (Å²) < 4.78 is 5.58. The van der Waals surface area contributed by atoms with Gasteiger partial charge in [-0.25, -0.2) is 9.97 Å². The first kappa shape index (κ1) is 17.8. The van der Waals surface area contributed by atoms with Gasteiger partial charge in [-0.15, -0.1) is 0 Å². The Bertz CT molecular complexity index is 984. The largest absolute Gasteiger partial charge is 0.434 e. The van der Waals surface area contributed by atoms with Gasteiger partial charge in [-0.1, -0.05) is 23.2 Å². The number of rotatable bonds is 5. The molecule has 10 heteroatoms. The van der Waals surface area contributed by atoms with E-state index in [1.54, 1.807) is 37.3 Å². The van der Waals surface area contributed by atoms with Crippen LogP contribution in [0.15, 0.2) is 42.9 Å². The van der Waals surface area contributed by atoms with Crippen LogP contribution >= 0.6 is 23.2 Å². The van der Waals surface area contributed by atoms with Gasteiger partial charge >= 0.3 is 11.6 Å². The highest BCUT2D eigenvalue weighted by atomic mass is 35.5. The number of anilines is 2. The third-order valence-corrected chi connectivity index (χ3v) is 4.05. The highest BCUT2D eigenvalue weighted by Crippen LogP contribution is 2.36. The van der Waals surface area contributed by atoms with E-state index in [0.29, 0.717) is 16.5 Å². The molecular weight excluding hydrogens is 381 g/mol. The Morgan fingerprint density at radius 1 is 1.19 bits per heavy atom. The van der Waals surface area contributed by atoms with Crippen LogP contribution in [-0.2, 0) is 0 Å². The highest BCUT2D eigenvalue weighted by Gasteiger charge is 2.25. The molecule has 1 aromatic carbocycles. The number of ether oxygens (including phenoxy) is 1. The van der Waals surface area contributed by atoms with Crippen LogP contribution in [0.1, 0.15) is 5.56 Å². The van der Waals surface area contributed by atoms with Crippen LogP contribution in [0.25, 0.3) is 0 Å². The van der Waals surface area contributed by atoms with Gasteiger partial charge in [0.15, 0.2) is 5.15 Å². The van der Waals surface area contributed by atoms with Crippen molar-refractivity contribution in [1.29, 1.82) is 0 Å². The van der Waals surface area contributed by atoms with E-state index in [0.717, 1.165) is 11.9 Å². The Balaban J connectivity index is 1.99. The molecule has 2 aromatic heterocycles. The molecule has 0 unspecified atom stereocenters. The molecule has 0 atom stereocenters. The minimum atomic E-state index is -0.634. The molecule has 0 bridgehead atoms. The highest BCUT2D eigenvalue weighted by molar-refractivity contribution is 6.32. The van der Waals surface area contributed by atoms with Gasteiger partial charge in [-0.05, 0) is 42.8 Å². The summed E-state index contributed by atoms with van der Waals surface area (Å²) in [6.07, 6.45) is 2.65. The van der Waals surface area contributed by atoms with Crippen molar-refractivity contribution in [2.45, 2.75) is 6.92 Å². The summed E-state index contributed by atoms with van der Waals surface area (Å²) in [6.45, 7) is 1.79. The second-order valence-electron chi connectivity index (χ2n) is 5.11. The molecule has 0 spiro atoms. The minimum Gasteiger partial charge on any atom is -0.434 e. The molecule has 0 aliphatic heterocycles. The maximum absolute atomic E-state index is 11.6. The first-order valence-corrected chi connectivity index (χ1v) is 8.02. The lowest BCUT2D eigenvalue weighted by Gasteiger charge is -2.10. The zero-order chi connectivity index (χ0) is 18.7. The molecule has 0 fully saturated rings. The van der Waals surface area contributed by atoms with E-state index in [1.165, 1.54) is 6.20 Å². The van der Waals surface area contributed by atoms with Gasteiger partial charge in [0.2, 0.25) is 5.82 Å². The lowest BCUT2D eigenvalue weighted by molar-refractivity contribution is -0.385. The number of nitro groups is 1. The third-order valence-electron chi connectivity index (χ3n) is 3.33. The number of hydrogen-bond donors (Lipinski definition) is 1. The van der Waals surface area contributed by atoms with Crippen LogP contribution in [-0.4, -0.2) is 19.9 Å². The lowest BCUT2D eigenvalue weighted by atomic mass is 10.2. The van der Waals surface area contributed by atoms with E-state index in [2.05, 4.69) is 20.3 Å². The van der Waals surface area contributed by atoms with E-state index >= 15 is 0 Å². The summed E-state index contributed by atoms with van der Waals surface area (Å²) in [6, 6.07) is 8.12. The Morgan fingerprint density at radius 2 is 2.00 bits per heavy atom. The van der Waals surface area contributed by atoms with Crippen molar-refractivity contribution in [1.82, 2.24) is 15.0 Å². The van der Waals surface area contributed by atoms with Crippen LogP contribution in [0.2, 0.25) is 10.2 Å². The number of aryl methyl sites for hydroxylation is 1. The summed E-state index contributed by atoms with van der Waals surface area (Å²) in [5.74, 6) is 0.0777. The van der Waals surface area contributed by atoms with E-state index in [1.807, 2.05) is 0 Å². The Kier molecular flexibility index (Phi) is 5.15. The maximum Gasteiger partial charge on any atom is 0.373 e. The third kappa shape index (κ3) is 3.81. The van der Waals surface area contributed by atoms with Crippen molar-refractivity contribution in [3.8, 4) is 11.6 Å². The topological polar surface area (TPSA) is 103 Å². The summed E-state index contributed by atoms with van der Waals surface area (Å²) in [4.78, 5) is 22.6. The van der Waals surface area contributed by atoms with E-state index in [4.69, 9.17) is 27.9 Å². The number of benzene rings is 1. The van der Waals surface area contributed by atoms with Crippen LogP contribution in [0.3, 0.4) is 0 Å². The van der Waals surface area contributed by atoms with Crippen molar-refractivity contribution >= 4 is 40.4 Å². The number of nitrogens with zero attached hydrogens (tertiary/aromatic N) is 4. The predicted molar refractivity (Wildman–Crippen MR) is 97.5 cm³/mol. The molecule has 0 saturated heterocycles. The molecule has 2 heterocycles. The normalized spacial score (nSPS) is 10.4. The molecule has 0 saturated carbocycles. The van der Waals surface area contributed by atoms with Crippen LogP contribution in [0.4, 0.5) is 17.2 Å². The number of hydrogen-bond acceptors (Lipinski definition) is 7. The van der Waals surface area contributed by atoms with Gasteiger partial charge in [0.05, 0.1) is 10.6 Å². The molecule has 8 nitrogen and oxygen atoms in total. The monoisotopic (exact) mass is 391 g/mol. The van der Waals surface area contributed by atoms with Crippen molar-refractivity contribution in [3.63, 3.8) is 0 Å². The molecule has 26 heavy (non-hydrogen) atoms. The van der Waals surface area contributed by atoms with Gasteiger partial charge in [0.25, 0.3) is 0 Å². The second-order valence-corrected chi connectivity index (χ2v) is 5.88. The summed E-state index contributed by atoms with van der Waals surface area (Å²) in [5.41, 5.74) is 0.700. The van der Waals surface area contributed by atoms with Crippen molar-refractivity contribution < 1.29 is 9.66 Å². The second kappa shape index (κ2) is 7.51. The molecule has 3 aromatic rings. The first-order chi connectivity index (χ1) is 12.5. The average molecular weight is 392 g/mol. The van der Waals surface area contributed by atoms with Crippen LogP contribution in [0.5, 0.6) is 11.6 Å². The quantitative estimate of drug-likeness (QED) is 0.373. The Labute approximate surface area is 157 Å². The maximum atomic E-state index is 11.6. The SMILES string of the molecule is Cc1cc(Oc2ncnc(Nc3cccnc3Cl)c2[N+](=O)[O-])ccc1Cl. The molecule has 0 aliphatic rings. The smallest absolute Gasteiger partial charge is 0.373 e. The molecule has 0 radical (unpaired) electrons. The van der Waals surface area contributed by atoms with E-state index < -0.39 is 10.6 Å². The van der Waals surface area contributed by atoms with E-state index in [-0.39, 0.29) is 16.9 Å². The predicted octanol–water partition coefficient (Wildman–Crippen LogP) is 4.93. The fourth-order valence-corrected chi connectivity index (χ4v) is 2.38. The Morgan fingerprint density at radius 3 is 2.69 bits per heavy atom. The number of nitrogens with one attached hydrogen (secondary N) is 1. The summed E-state index contributed by atoms with van der Waals surface area (Å²) >= 11 is 12.0. The molecule has 132 valence electrons. The van der Waals surface area contributed by atoms with Gasteiger partial charge in [-0.2, -0.15) is 4.98 Å². The van der Waals surface area contributed by atoms with Gasteiger partial charge in [-0.3, -0.25) is 10.1 Å². The van der Waals surface area contributed by atoms with E-state index in [9.17, 15) is 10.1 Å². The zero-order valence-electron chi connectivity index (χ0n) is 13.3. The van der Waals surface area contributed by atoms with Crippen LogP contribution < -0.4 is 10.1 Å². The van der Waals surface area contributed by atoms with Gasteiger partial charge < -0.3 is 10.1 Å². The first-order valence-electron chi connectivity index (χ1n) is 7.26. The fraction of sp³-hybridized carbons (Fsp3) is 0.0625. The molecule has 3 rings (SSSR count). The van der Waals surface area contributed by atoms with Crippen molar-refractivity contribution in [2.24, 2.45) is 0 Å². The molecule has 1 N–H and O–H groups in total. The van der Waals surface area contributed by atoms with Crippen molar-refractivity contribution in [3.05, 3.63) is 68.7 Å². The standard InChI is InChI=1S/C16H11Cl2N5O3/c1-9-7-10(4-5-11(9)17)26-16-13(23(24)25)15(20-8-21-16)22-12-3-2-6-19-14(12)18/h2-8H,1H3,(H,20,21,22). The fourth-order valence-electron chi connectivity index (χ4n) is 2.09. The van der Waals surface area contributed by atoms with Gasteiger partial charge in [0.1, 0.15) is 12.1 Å². The molecule has 0 amide bonds. The number of aromatic nitrogens is 3. The Hall–Kier alpha value is -2.97. The minimum absolute atomic E-state index is 0.0689. The molecular formula is C16H11Cl2N5O3. The summed E-state index contributed by atoms with van der Waals surface area (Å²) in [7, 11) is 0. The summed E-state index contributed by atoms with van der Waals surface area (Å²) in [5, 5.41) is 15.1. The van der Waals surface area contributed by atoms with Gasteiger partial charge in [0, 0.05) is 11.2 Å².